The third kappa shape index (κ3) is 2.58. The molecule has 3 aromatic heterocycles. The second-order valence-corrected chi connectivity index (χ2v) is 5.25. The van der Waals surface area contributed by atoms with Gasteiger partial charge in [-0.2, -0.15) is 5.10 Å². The van der Waals surface area contributed by atoms with Crippen molar-refractivity contribution in [3.05, 3.63) is 36.5 Å². The molecule has 3 heterocycles. The Balaban J connectivity index is 0.00000240. The zero-order chi connectivity index (χ0) is 20.1. The van der Waals surface area contributed by atoms with Gasteiger partial charge in [0.15, 0.2) is 11.4 Å². The summed E-state index contributed by atoms with van der Waals surface area (Å²) in [7, 11) is -2.76. The quantitative estimate of drug-likeness (QED) is 0.466. The zero-order valence-electron chi connectivity index (χ0n) is 16.0. The Morgan fingerprint density at radius 1 is 1.27 bits per heavy atom. The van der Waals surface area contributed by atoms with Crippen LogP contribution in [0.3, 0.4) is 0 Å². The smallest absolute Gasteiger partial charge is 0.180 e. The van der Waals surface area contributed by atoms with E-state index < -0.39 is 12.9 Å². The average Bonchev–Trinajstić information content (AvgIpc) is 3.26. The third-order valence-corrected chi connectivity index (χ3v) is 3.80. The fraction of sp³-hybridized carbons (Fsp3) is 0.0625. The predicted octanol–water partition coefficient (Wildman–Crippen LogP) is 3.01. The molecule has 26 heavy (non-hydrogen) atoms. The highest BCUT2D eigenvalue weighted by atomic mass is 35.5. The predicted molar refractivity (Wildman–Crippen MR) is 97.4 cm³/mol. The van der Waals surface area contributed by atoms with Crippen molar-refractivity contribution in [3.8, 4) is 28.1 Å². The number of benzene rings is 1. The number of fused-ring (bicyclic) bond motifs is 1. The Bertz CT molecular complexity index is 1180. The summed E-state index contributed by atoms with van der Waals surface area (Å²) in [6, 6.07) is 2.11. The van der Waals surface area contributed by atoms with Gasteiger partial charge in [-0.3, -0.25) is 10.1 Å². The van der Waals surface area contributed by atoms with E-state index in [0.717, 1.165) is 12.1 Å². The normalized spacial score (nSPS) is 12.9. The van der Waals surface area contributed by atoms with Gasteiger partial charge in [-0.1, -0.05) is 5.16 Å². The number of anilines is 2. The van der Waals surface area contributed by atoms with Crippen molar-refractivity contribution < 1.29 is 17.8 Å². The number of hydrogen-bond acceptors (Lipinski definition) is 7. The van der Waals surface area contributed by atoms with Crippen LogP contribution in [0.15, 0.2) is 35.2 Å². The van der Waals surface area contributed by atoms with Gasteiger partial charge in [-0.25, -0.2) is 4.39 Å². The number of aromatic amines is 1. The van der Waals surface area contributed by atoms with Crippen molar-refractivity contribution in [2.24, 2.45) is 0 Å². The van der Waals surface area contributed by atoms with E-state index >= 15 is 0 Å². The Kier molecular flexibility index (Phi) is 3.49. The number of nitrogens with two attached hydrogens (primary N) is 2. The van der Waals surface area contributed by atoms with Crippen LogP contribution in [0, 0.1) is 5.82 Å². The first kappa shape index (κ1) is 13.9. The first-order valence-electron chi connectivity index (χ1n) is 8.56. The first-order chi connectivity index (χ1) is 13.2. The lowest BCUT2D eigenvalue weighted by Crippen LogP contribution is -1.98. The van der Waals surface area contributed by atoms with E-state index in [0.29, 0.717) is 11.1 Å². The Morgan fingerprint density at radius 3 is 2.85 bits per heavy atom. The minimum Gasteiger partial charge on any atom is -0.495 e. The third-order valence-electron chi connectivity index (χ3n) is 3.80. The molecule has 4 rings (SSSR count). The van der Waals surface area contributed by atoms with Gasteiger partial charge in [-0.05, 0) is 6.07 Å². The van der Waals surface area contributed by atoms with Gasteiger partial charge < -0.3 is 20.7 Å². The number of methoxy groups -OCH3 is 1. The summed E-state index contributed by atoms with van der Waals surface area (Å²) in [6.45, 7) is 0. The number of hydrogen-bond donors (Lipinski definition) is 3. The maximum atomic E-state index is 14.7. The topological polar surface area (TPSA) is 129 Å². The summed E-state index contributed by atoms with van der Waals surface area (Å²) in [5, 5.41) is 10.6. The maximum absolute atomic E-state index is 14.7. The van der Waals surface area contributed by atoms with Crippen LogP contribution in [-0.4, -0.2) is 27.4 Å². The van der Waals surface area contributed by atoms with Gasteiger partial charge in [0.1, 0.15) is 11.6 Å². The Morgan fingerprint density at radius 2 is 2.12 bits per heavy atom. The van der Waals surface area contributed by atoms with Crippen molar-refractivity contribution in [2.75, 3.05) is 18.5 Å². The van der Waals surface area contributed by atoms with Crippen LogP contribution in [0.4, 0.5) is 15.9 Å². The van der Waals surface area contributed by atoms with Crippen molar-refractivity contribution in [2.45, 2.75) is 0 Å². The van der Waals surface area contributed by atoms with Gasteiger partial charge in [0, 0.05) is 35.2 Å². The van der Waals surface area contributed by atoms with E-state index in [1.54, 1.807) is 12.4 Å². The zero-order valence-corrected chi connectivity index (χ0v) is 13.8. The van der Waals surface area contributed by atoms with E-state index in [1.165, 1.54) is 6.20 Å². The molecule has 0 atom stereocenters. The first-order valence-corrected chi connectivity index (χ1v) is 7.06. The molecule has 0 spiro atoms. The highest BCUT2D eigenvalue weighted by Crippen LogP contribution is 2.39. The maximum Gasteiger partial charge on any atom is 0.180 e. The van der Waals surface area contributed by atoms with Crippen molar-refractivity contribution in [1.82, 2.24) is 20.3 Å². The molecular formula is C16H14ClFN6O2. The van der Waals surface area contributed by atoms with Crippen LogP contribution < -0.4 is 16.2 Å². The standard InChI is InChI=1S/C16H13FN6O2.ClH/c1-24-12-2-8(10(17)3-11(12)18)14-13-15(25-23-16(13)19)9(6-20-14)7-4-21-22-5-7;/h2-6H,18H2,1H3,(H2,19,23)(H,21,22);1H/i1D3;. The summed E-state index contributed by atoms with van der Waals surface area (Å²) < 4.78 is 46.5. The second-order valence-electron chi connectivity index (χ2n) is 5.25. The van der Waals surface area contributed by atoms with Crippen molar-refractivity contribution in [3.63, 3.8) is 0 Å². The monoisotopic (exact) mass is 379 g/mol. The number of nitrogen functional groups attached to an aromatic ring is 2. The highest BCUT2D eigenvalue weighted by Gasteiger charge is 2.21. The molecule has 134 valence electrons. The van der Waals surface area contributed by atoms with E-state index in [4.69, 9.17) is 24.8 Å². The Hall–Kier alpha value is -3.33. The molecule has 5 N–H and O–H groups in total. The number of pyridine rings is 1. The molecule has 8 nitrogen and oxygen atoms in total. The number of ether oxygens (including phenoxy) is 1. The molecule has 0 aliphatic rings. The van der Waals surface area contributed by atoms with Crippen molar-refractivity contribution >= 4 is 34.9 Å². The number of nitrogens with one attached hydrogen (secondary N) is 1. The number of H-pyrrole nitrogens is 1. The van der Waals surface area contributed by atoms with E-state index in [2.05, 4.69) is 20.3 Å². The lowest BCUT2D eigenvalue weighted by atomic mass is 10.0. The number of halogens is 2. The van der Waals surface area contributed by atoms with Crippen LogP contribution in [0.2, 0.25) is 0 Å². The molecule has 0 saturated heterocycles. The number of nitrogens with zero attached hydrogens (tertiary/aromatic N) is 3. The fourth-order valence-electron chi connectivity index (χ4n) is 2.61. The minimum atomic E-state index is -2.76. The molecule has 10 heteroatoms. The van der Waals surface area contributed by atoms with E-state index in [9.17, 15) is 4.39 Å². The van der Waals surface area contributed by atoms with Gasteiger partial charge >= 0.3 is 0 Å². The summed E-state index contributed by atoms with van der Waals surface area (Å²) in [6.07, 6.45) is 4.63. The minimum absolute atomic E-state index is 0. The molecule has 0 aliphatic carbocycles. The molecule has 0 radical (unpaired) electrons. The average molecular weight is 380 g/mol. The largest absolute Gasteiger partial charge is 0.495 e. The summed E-state index contributed by atoms with van der Waals surface area (Å²) in [5.74, 6) is -0.946. The molecule has 0 aliphatic heterocycles. The molecule has 0 unspecified atom stereocenters. The van der Waals surface area contributed by atoms with Gasteiger partial charge in [0.05, 0.1) is 34.1 Å². The van der Waals surface area contributed by atoms with Gasteiger partial charge in [0.25, 0.3) is 0 Å². The molecular weight excluding hydrogens is 363 g/mol. The van der Waals surface area contributed by atoms with Gasteiger partial charge in [0.2, 0.25) is 0 Å². The molecule has 4 aromatic rings. The number of aromatic nitrogens is 4. The fourth-order valence-corrected chi connectivity index (χ4v) is 2.61. The number of rotatable bonds is 3. The van der Waals surface area contributed by atoms with Crippen LogP contribution in [0.25, 0.3) is 33.4 Å². The molecule has 1 aromatic carbocycles. The van der Waals surface area contributed by atoms with Crippen LogP contribution >= 0.6 is 12.4 Å². The summed E-state index contributed by atoms with van der Waals surface area (Å²) in [4.78, 5) is 4.30. The van der Waals surface area contributed by atoms with Crippen LogP contribution in [0.1, 0.15) is 4.11 Å². The summed E-state index contributed by atoms with van der Waals surface area (Å²) in [5.41, 5.74) is 13.0. The van der Waals surface area contributed by atoms with Crippen molar-refractivity contribution in [1.29, 1.82) is 0 Å². The van der Waals surface area contributed by atoms with Crippen LogP contribution in [-0.2, 0) is 0 Å². The molecule has 0 bridgehead atoms. The molecule has 0 saturated carbocycles. The van der Waals surface area contributed by atoms with E-state index in [-0.39, 0.29) is 51.9 Å². The summed E-state index contributed by atoms with van der Waals surface area (Å²) >= 11 is 0. The van der Waals surface area contributed by atoms with E-state index in [1.807, 2.05) is 0 Å². The highest BCUT2D eigenvalue weighted by molar-refractivity contribution is 6.05. The van der Waals surface area contributed by atoms with Gasteiger partial charge in [-0.15, -0.1) is 12.4 Å². The molecule has 0 fully saturated rings. The second kappa shape index (κ2) is 6.52. The SMILES string of the molecule is Cl.[2H]C([2H])([2H])Oc1cc(-c2ncc(-c3cn[nH]c3)c3onc(N)c23)c(F)cc1N. The van der Waals surface area contributed by atoms with Crippen LogP contribution in [0.5, 0.6) is 5.75 Å². The molecule has 0 amide bonds. The Labute approximate surface area is 157 Å². The lowest BCUT2D eigenvalue weighted by molar-refractivity contribution is 0.416. The lowest BCUT2D eigenvalue weighted by Gasteiger charge is -2.10.